The second-order valence-corrected chi connectivity index (χ2v) is 15.0. The van der Waals surface area contributed by atoms with Crippen molar-refractivity contribution < 1.29 is 28.2 Å². The van der Waals surface area contributed by atoms with Gasteiger partial charge in [-0.2, -0.15) is 16.6 Å². The van der Waals surface area contributed by atoms with Crippen LogP contribution in [0.1, 0.15) is 151 Å². The third kappa shape index (κ3) is 20.8. The molecule has 0 bridgehead atoms. The molecule has 0 aliphatic heterocycles. The Kier molecular flexibility index (Phi) is 23.6. The first kappa shape index (κ1) is 37.9. The molecular weight excluding hydrogens is 519 g/mol. The number of hydrogen-bond acceptors (Lipinski definition) is 7. The SMILES string of the molecule is CCCCCCCCCCCSC(CCCCCCC)C(C)OOC(=O)P(=O)(OCCC)OCC(C)(C)C. The Hall–Kier alpha value is -0.0700. The molecule has 0 aromatic carbocycles. The summed E-state index contributed by atoms with van der Waals surface area (Å²) in [6, 6.07) is 0. The summed E-state index contributed by atoms with van der Waals surface area (Å²) in [5.74, 6) is 1.07. The van der Waals surface area contributed by atoms with Gasteiger partial charge in [-0.15, -0.1) is 0 Å². The van der Waals surface area contributed by atoms with E-state index in [9.17, 15) is 9.36 Å². The Balaban J connectivity index is 4.74. The molecule has 0 radical (unpaired) electrons. The summed E-state index contributed by atoms with van der Waals surface area (Å²) in [5, 5.41) is 0.213. The largest absolute Gasteiger partial charge is 0.452 e. The summed E-state index contributed by atoms with van der Waals surface area (Å²) in [6.07, 6.45) is 19.2. The Bertz CT molecular complexity index is 610. The van der Waals surface area contributed by atoms with Crippen molar-refractivity contribution in [1.29, 1.82) is 0 Å². The van der Waals surface area contributed by atoms with Crippen LogP contribution in [-0.2, 0) is 23.4 Å². The predicted molar refractivity (Wildman–Crippen MR) is 163 cm³/mol. The molecule has 0 heterocycles. The van der Waals surface area contributed by atoms with Crippen molar-refractivity contribution in [3.05, 3.63) is 0 Å². The molecule has 0 saturated heterocycles. The number of unbranched alkanes of at least 4 members (excludes halogenated alkanes) is 12. The highest BCUT2D eigenvalue weighted by molar-refractivity contribution is 7.99. The van der Waals surface area contributed by atoms with Crippen LogP contribution in [0, 0.1) is 5.41 Å². The van der Waals surface area contributed by atoms with Crippen molar-refractivity contribution in [2.45, 2.75) is 163 Å². The van der Waals surface area contributed by atoms with Gasteiger partial charge in [-0.25, -0.2) is 9.36 Å². The van der Waals surface area contributed by atoms with Gasteiger partial charge in [-0.3, -0.25) is 4.89 Å². The molecule has 0 rings (SSSR count). The van der Waals surface area contributed by atoms with E-state index in [1.165, 1.54) is 83.5 Å². The van der Waals surface area contributed by atoms with E-state index < -0.39 is 13.3 Å². The summed E-state index contributed by atoms with van der Waals surface area (Å²) in [7, 11) is -4.08. The maximum absolute atomic E-state index is 13.1. The number of hydrogen-bond donors (Lipinski definition) is 0. The average Bonchev–Trinajstić information content (AvgIpc) is 2.88. The fraction of sp³-hybridized carbons (Fsp3) is 0.967. The lowest BCUT2D eigenvalue weighted by molar-refractivity contribution is -0.262. The van der Waals surface area contributed by atoms with E-state index in [1.54, 1.807) is 0 Å². The van der Waals surface area contributed by atoms with E-state index >= 15 is 0 Å². The van der Waals surface area contributed by atoms with Crippen LogP contribution in [0.15, 0.2) is 0 Å². The zero-order valence-electron chi connectivity index (χ0n) is 25.9. The van der Waals surface area contributed by atoms with Crippen LogP contribution in [0.3, 0.4) is 0 Å². The monoisotopic (exact) mass is 580 g/mol. The van der Waals surface area contributed by atoms with Gasteiger partial charge >= 0.3 is 13.3 Å². The van der Waals surface area contributed by atoms with Gasteiger partial charge in [0.15, 0.2) is 0 Å². The summed E-state index contributed by atoms with van der Waals surface area (Å²) in [6.45, 7) is 14.4. The Morgan fingerprint density at radius 3 is 1.82 bits per heavy atom. The molecular formula is C30H61O6PS. The highest BCUT2D eigenvalue weighted by Gasteiger charge is 2.40. The molecule has 0 aromatic rings. The molecule has 0 aliphatic carbocycles. The Labute approximate surface area is 239 Å². The first-order valence-electron chi connectivity index (χ1n) is 15.5. The van der Waals surface area contributed by atoms with E-state index in [-0.39, 0.29) is 30.0 Å². The molecule has 228 valence electrons. The van der Waals surface area contributed by atoms with Gasteiger partial charge in [0.2, 0.25) is 0 Å². The minimum Gasteiger partial charge on any atom is -0.301 e. The zero-order valence-corrected chi connectivity index (χ0v) is 27.6. The lowest BCUT2D eigenvalue weighted by Gasteiger charge is -2.24. The summed E-state index contributed by atoms with van der Waals surface area (Å²) in [5.41, 5.74) is -1.33. The lowest BCUT2D eigenvalue weighted by atomic mass is 9.99. The van der Waals surface area contributed by atoms with Crippen molar-refractivity contribution in [2.24, 2.45) is 5.41 Å². The van der Waals surface area contributed by atoms with Crippen LogP contribution < -0.4 is 0 Å². The zero-order chi connectivity index (χ0) is 28.7. The Morgan fingerprint density at radius 1 is 0.763 bits per heavy atom. The minimum absolute atomic E-state index is 0.119. The summed E-state index contributed by atoms with van der Waals surface area (Å²) >= 11 is 1.91. The topological polar surface area (TPSA) is 71.1 Å². The van der Waals surface area contributed by atoms with E-state index in [0.717, 1.165) is 18.6 Å². The van der Waals surface area contributed by atoms with Crippen LogP contribution in [0.5, 0.6) is 0 Å². The molecule has 3 atom stereocenters. The normalized spacial score (nSPS) is 15.2. The third-order valence-corrected chi connectivity index (χ3v) is 9.41. The maximum atomic E-state index is 13.1. The lowest BCUT2D eigenvalue weighted by Crippen LogP contribution is -2.26. The average molecular weight is 581 g/mol. The van der Waals surface area contributed by atoms with E-state index in [0.29, 0.717) is 6.42 Å². The van der Waals surface area contributed by atoms with Crippen LogP contribution in [0.4, 0.5) is 4.79 Å². The number of carbonyl (C=O) groups excluding carboxylic acids is 1. The van der Waals surface area contributed by atoms with Crippen LogP contribution >= 0.6 is 19.4 Å². The smallest absolute Gasteiger partial charge is 0.301 e. The molecule has 0 N–H and O–H groups in total. The van der Waals surface area contributed by atoms with E-state index in [4.69, 9.17) is 18.8 Å². The molecule has 0 fully saturated rings. The molecule has 0 spiro atoms. The molecule has 0 aliphatic rings. The van der Waals surface area contributed by atoms with Gasteiger partial charge in [0.1, 0.15) is 6.10 Å². The highest BCUT2D eigenvalue weighted by atomic mass is 32.2. The van der Waals surface area contributed by atoms with Crippen LogP contribution in [0.2, 0.25) is 0 Å². The van der Waals surface area contributed by atoms with Gasteiger partial charge < -0.3 is 9.05 Å². The standard InChI is InChI=1S/C30H61O6PS/c1-8-11-13-15-16-17-18-20-22-25-38-28(23-21-19-14-12-9-2)27(4)35-36-29(31)37(32,33-24-10-3)34-26-30(5,6)7/h27-28H,8-26H2,1-7H3. The second-order valence-electron chi connectivity index (χ2n) is 11.8. The first-order chi connectivity index (χ1) is 18.1. The van der Waals surface area contributed by atoms with Gasteiger partial charge in [-0.05, 0) is 37.4 Å². The van der Waals surface area contributed by atoms with Gasteiger partial charge in [0.25, 0.3) is 0 Å². The number of rotatable bonds is 26. The molecule has 0 aromatic heterocycles. The molecule has 0 amide bonds. The predicted octanol–water partition coefficient (Wildman–Crippen LogP) is 11.1. The fourth-order valence-electron chi connectivity index (χ4n) is 3.91. The molecule has 0 saturated carbocycles. The van der Waals surface area contributed by atoms with Crippen LogP contribution in [-0.4, -0.2) is 36.0 Å². The van der Waals surface area contributed by atoms with Gasteiger partial charge in [-0.1, -0.05) is 125 Å². The van der Waals surface area contributed by atoms with E-state index in [2.05, 4.69) is 13.8 Å². The number of thioether (sulfide) groups is 1. The highest BCUT2D eigenvalue weighted by Crippen LogP contribution is 2.51. The third-order valence-electron chi connectivity index (χ3n) is 6.32. The summed E-state index contributed by atoms with van der Waals surface area (Å²) in [4.78, 5) is 23.4. The molecule has 6 nitrogen and oxygen atoms in total. The quantitative estimate of drug-likeness (QED) is 0.0436. The number of carbonyl (C=O) groups is 1. The van der Waals surface area contributed by atoms with Crippen molar-refractivity contribution in [3.8, 4) is 0 Å². The van der Waals surface area contributed by atoms with Crippen molar-refractivity contribution in [1.82, 2.24) is 0 Å². The molecule has 38 heavy (non-hydrogen) atoms. The van der Waals surface area contributed by atoms with Gasteiger partial charge in [0, 0.05) is 5.25 Å². The van der Waals surface area contributed by atoms with Crippen molar-refractivity contribution >= 4 is 25.1 Å². The fourth-order valence-corrected chi connectivity index (χ4v) is 6.63. The molecule has 3 unspecified atom stereocenters. The van der Waals surface area contributed by atoms with Crippen molar-refractivity contribution in [3.63, 3.8) is 0 Å². The summed E-state index contributed by atoms with van der Waals surface area (Å²) < 4.78 is 23.9. The van der Waals surface area contributed by atoms with Crippen LogP contribution in [0.25, 0.3) is 0 Å². The minimum atomic E-state index is -4.08. The van der Waals surface area contributed by atoms with E-state index in [1.807, 2.05) is 46.4 Å². The Morgan fingerprint density at radius 2 is 1.29 bits per heavy atom. The first-order valence-corrected chi connectivity index (χ1v) is 18.1. The van der Waals surface area contributed by atoms with Crippen molar-refractivity contribution in [2.75, 3.05) is 19.0 Å². The van der Waals surface area contributed by atoms with Gasteiger partial charge in [0.05, 0.1) is 13.2 Å². The second kappa shape index (κ2) is 23.6. The molecule has 8 heteroatoms. The maximum Gasteiger partial charge on any atom is 0.452 e.